The summed E-state index contributed by atoms with van der Waals surface area (Å²) in [6, 6.07) is 7.24. The molecule has 1 fully saturated rings. The Morgan fingerprint density at radius 2 is 2.25 bits per heavy atom. The minimum Gasteiger partial charge on any atom is -0.309 e. The van der Waals surface area contributed by atoms with Gasteiger partial charge in [0, 0.05) is 17.1 Å². The zero-order valence-electron chi connectivity index (χ0n) is 9.38. The van der Waals surface area contributed by atoms with E-state index < -0.39 is 0 Å². The Bertz CT molecular complexity index is 388. The molecule has 0 spiro atoms. The zero-order chi connectivity index (χ0) is 11.0. The maximum Gasteiger partial charge on any atom is 0.0452 e. The summed E-state index contributed by atoms with van der Waals surface area (Å²) in [6.07, 6.45) is 2.54. The summed E-state index contributed by atoms with van der Waals surface area (Å²) in [5, 5.41) is 3.64. The molecule has 1 aromatic carbocycles. The lowest BCUT2D eigenvalue weighted by Gasteiger charge is -2.37. The Morgan fingerprint density at radius 1 is 1.38 bits per heavy atom. The highest BCUT2D eigenvalue weighted by Gasteiger charge is 2.24. The van der Waals surface area contributed by atoms with Crippen molar-refractivity contribution in [3.63, 3.8) is 0 Å². The third-order valence-corrected chi connectivity index (χ3v) is 4.15. The minimum atomic E-state index is 0.529. The standard InChI is InChI=1S/C13H17BrN2/c14-11-3-2-10-4-5-15-13(12(10)8-11)9-16-6-1-7-16/h2-3,8,13,15H,1,4-7,9H2. The number of nitrogens with one attached hydrogen (secondary N) is 1. The van der Waals surface area contributed by atoms with Crippen molar-refractivity contribution >= 4 is 15.9 Å². The topological polar surface area (TPSA) is 15.3 Å². The Kier molecular flexibility index (Phi) is 3.01. The second-order valence-corrected chi connectivity index (χ2v) is 5.67. The van der Waals surface area contributed by atoms with Gasteiger partial charge in [0.05, 0.1) is 0 Å². The van der Waals surface area contributed by atoms with Crippen LogP contribution in [0.25, 0.3) is 0 Å². The molecule has 0 amide bonds. The summed E-state index contributed by atoms with van der Waals surface area (Å²) in [4.78, 5) is 2.54. The van der Waals surface area contributed by atoms with Crippen molar-refractivity contribution in [2.24, 2.45) is 0 Å². The molecule has 0 aliphatic carbocycles. The van der Waals surface area contributed by atoms with Crippen molar-refractivity contribution in [3.8, 4) is 0 Å². The van der Waals surface area contributed by atoms with Crippen LogP contribution in [0, 0.1) is 0 Å². The van der Waals surface area contributed by atoms with Crippen molar-refractivity contribution < 1.29 is 0 Å². The molecule has 16 heavy (non-hydrogen) atoms. The Balaban J connectivity index is 1.83. The van der Waals surface area contributed by atoms with E-state index in [1.165, 1.54) is 48.1 Å². The van der Waals surface area contributed by atoms with Gasteiger partial charge >= 0.3 is 0 Å². The van der Waals surface area contributed by atoms with E-state index in [4.69, 9.17) is 0 Å². The summed E-state index contributed by atoms with van der Waals surface area (Å²) in [7, 11) is 0. The first-order valence-electron chi connectivity index (χ1n) is 6.07. The summed E-state index contributed by atoms with van der Waals surface area (Å²) >= 11 is 3.57. The van der Waals surface area contributed by atoms with E-state index in [1.54, 1.807) is 0 Å². The first-order chi connectivity index (χ1) is 7.83. The van der Waals surface area contributed by atoms with Crippen LogP contribution in [0.15, 0.2) is 22.7 Å². The summed E-state index contributed by atoms with van der Waals surface area (Å²) in [6.45, 7) is 4.85. The van der Waals surface area contributed by atoms with Crippen LogP contribution in [0.1, 0.15) is 23.6 Å². The van der Waals surface area contributed by atoms with Crippen molar-refractivity contribution in [3.05, 3.63) is 33.8 Å². The predicted octanol–water partition coefficient (Wildman–Crippen LogP) is 2.34. The van der Waals surface area contributed by atoms with Crippen LogP contribution >= 0.6 is 15.9 Å². The SMILES string of the molecule is Brc1ccc2c(c1)C(CN1CCC1)NCC2. The molecule has 0 radical (unpaired) electrons. The highest BCUT2D eigenvalue weighted by atomic mass is 79.9. The summed E-state index contributed by atoms with van der Waals surface area (Å²) in [5.41, 5.74) is 3.01. The van der Waals surface area contributed by atoms with Crippen LogP contribution in [0.5, 0.6) is 0 Å². The quantitative estimate of drug-likeness (QED) is 0.895. The van der Waals surface area contributed by atoms with E-state index in [-0.39, 0.29) is 0 Å². The largest absolute Gasteiger partial charge is 0.309 e. The molecule has 2 heterocycles. The van der Waals surface area contributed by atoms with Crippen LogP contribution in [0.2, 0.25) is 0 Å². The predicted molar refractivity (Wildman–Crippen MR) is 69.6 cm³/mol. The number of rotatable bonds is 2. The van der Waals surface area contributed by atoms with E-state index in [2.05, 4.69) is 44.3 Å². The lowest BCUT2D eigenvalue weighted by Crippen LogP contribution is -2.44. The average molecular weight is 281 g/mol. The van der Waals surface area contributed by atoms with Gasteiger partial charge in [-0.2, -0.15) is 0 Å². The van der Waals surface area contributed by atoms with Gasteiger partial charge in [0.1, 0.15) is 0 Å². The van der Waals surface area contributed by atoms with Crippen LogP contribution in [0.3, 0.4) is 0 Å². The van der Waals surface area contributed by atoms with E-state index in [0.29, 0.717) is 6.04 Å². The molecular weight excluding hydrogens is 264 g/mol. The average Bonchev–Trinajstić information content (AvgIpc) is 2.23. The number of halogens is 1. The third-order valence-electron chi connectivity index (χ3n) is 3.66. The molecule has 86 valence electrons. The monoisotopic (exact) mass is 280 g/mol. The Morgan fingerprint density at radius 3 is 3.00 bits per heavy atom. The van der Waals surface area contributed by atoms with Gasteiger partial charge in [0.2, 0.25) is 0 Å². The molecule has 1 saturated heterocycles. The highest BCUT2D eigenvalue weighted by Crippen LogP contribution is 2.27. The van der Waals surface area contributed by atoms with Gasteiger partial charge in [-0.25, -0.2) is 0 Å². The molecule has 3 rings (SSSR count). The third kappa shape index (κ3) is 2.04. The van der Waals surface area contributed by atoms with Gasteiger partial charge in [-0.3, -0.25) is 0 Å². The van der Waals surface area contributed by atoms with E-state index in [0.717, 1.165) is 6.54 Å². The molecule has 2 aliphatic rings. The lowest BCUT2D eigenvalue weighted by molar-refractivity contribution is 0.159. The highest BCUT2D eigenvalue weighted by molar-refractivity contribution is 9.10. The second-order valence-electron chi connectivity index (χ2n) is 4.75. The van der Waals surface area contributed by atoms with Crippen molar-refractivity contribution in [1.29, 1.82) is 0 Å². The molecule has 2 aliphatic heterocycles. The van der Waals surface area contributed by atoms with E-state index in [1.807, 2.05) is 0 Å². The number of likely N-dealkylation sites (tertiary alicyclic amines) is 1. The summed E-state index contributed by atoms with van der Waals surface area (Å²) < 4.78 is 1.20. The number of hydrogen-bond acceptors (Lipinski definition) is 2. The van der Waals surface area contributed by atoms with Crippen LogP contribution < -0.4 is 5.32 Å². The molecule has 0 aromatic heterocycles. The molecule has 1 unspecified atom stereocenters. The summed E-state index contributed by atoms with van der Waals surface area (Å²) in [5.74, 6) is 0. The zero-order valence-corrected chi connectivity index (χ0v) is 11.0. The maximum atomic E-state index is 3.64. The van der Waals surface area contributed by atoms with Gasteiger partial charge in [0.25, 0.3) is 0 Å². The molecule has 1 N–H and O–H groups in total. The van der Waals surface area contributed by atoms with Gasteiger partial charge in [-0.1, -0.05) is 22.0 Å². The minimum absolute atomic E-state index is 0.529. The van der Waals surface area contributed by atoms with Gasteiger partial charge in [-0.15, -0.1) is 0 Å². The van der Waals surface area contributed by atoms with Gasteiger partial charge < -0.3 is 10.2 Å². The molecule has 0 bridgehead atoms. The van der Waals surface area contributed by atoms with Crippen molar-refractivity contribution in [2.45, 2.75) is 18.9 Å². The molecular formula is C13H17BrN2. The lowest BCUT2D eigenvalue weighted by atomic mass is 9.93. The number of hydrogen-bond donors (Lipinski definition) is 1. The fourth-order valence-electron chi connectivity index (χ4n) is 2.59. The van der Waals surface area contributed by atoms with Crippen molar-refractivity contribution in [1.82, 2.24) is 10.2 Å². The molecule has 3 heteroatoms. The smallest absolute Gasteiger partial charge is 0.0452 e. The molecule has 0 saturated carbocycles. The molecule has 1 atom stereocenters. The number of nitrogens with zero attached hydrogens (tertiary/aromatic N) is 1. The van der Waals surface area contributed by atoms with E-state index >= 15 is 0 Å². The fourth-order valence-corrected chi connectivity index (χ4v) is 2.97. The normalized spacial score (nSPS) is 24.9. The first-order valence-corrected chi connectivity index (χ1v) is 6.86. The van der Waals surface area contributed by atoms with E-state index in [9.17, 15) is 0 Å². The Labute approximate surface area is 105 Å². The van der Waals surface area contributed by atoms with Crippen molar-refractivity contribution in [2.75, 3.05) is 26.2 Å². The number of fused-ring (bicyclic) bond motifs is 1. The second kappa shape index (κ2) is 4.47. The Hall–Kier alpha value is -0.380. The van der Waals surface area contributed by atoms with Crippen LogP contribution in [-0.4, -0.2) is 31.1 Å². The fraction of sp³-hybridized carbons (Fsp3) is 0.538. The maximum absolute atomic E-state index is 3.64. The first kappa shape index (κ1) is 10.8. The molecule has 2 nitrogen and oxygen atoms in total. The number of benzene rings is 1. The molecule has 1 aromatic rings. The van der Waals surface area contributed by atoms with Gasteiger partial charge in [-0.05, 0) is 55.7 Å². The van der Waals surface area contributed by atoms with Crippen LogP contribution in [-0.2, 0) is 6.42 Å². The van der Waals surface area contributed by atoms with Gasteiger partial charge in [0.15, 0.2) is 0 Å². The van der Waals surface area contributed by atoms with Crippen LogP contribution in [0.4, 0.5) is 0 Å².